The smallest absolute Gasteiger partial charge is 0.0146 e. The maximum absolute atomic E-state index is 3.31. The Bertz CT molecular complexity index is 219. The van der Waals surface area contributed by atoms with Crippen LogP contribution >= 0.6 is 0 Å². The van der Waals surface area contributed by atoms with Crippen molar-refractivity contribution in [3.63, 3.8) is 0 Å². The molecule has 0 N–H and O–H groups in total. The summed E-state index contributed by atoms with van der Waals surface area (Å²) in [5.41, 5.74) is 1.37. The molecule has 0 aliphatic heterocycles. The second-order valence-corrected chi connectivity index (χ2v) is 3.58. The van der Waals surface area contributed by atoms with Crippen molar-refractivity contribution in [3.8, 4) is 0 Å². The molecule has 0 nitrogen and oxygen atoms in total. The molecule has 2 rings (SSSR count). The van der Waals surface area contributed by atoms with Crippen molar-refractivity contribution in [3.05, 3.63) is 35.9 Å². The van der Waals surface area contributed by atoms with E-state index >= 15 is 0 Å². The summed E-state index contributed by atoms with van der Waals surface area (Å²) in [4.78, 5) is 0. The Balaban J connectivity index is 2.08. The molecule has 1 aliphatic carbocycles. The molecule has 0 heteroatoms. The van der Waals surface area contributed by atoms with Gasteiger partial charge in [0.05, 0.1) is 0 Å². The van der Waals surface area contributed by atoms with Crippen LogP contribution in [0.3, 0.4) is 0 Å². The first-order valence-corrected chi connectivity index (χ1v) is 4.84. The average Bonchev–Trinajstić information content (AvgIpc) is 2.21. The Labute approximate surface area is 74.6 Å². The quantitative estimate of drug-likeness (QED) is 0.588. The highest BCUT2D eigenvalue weighted by atomic mass is 14.2. The van der Waals surface area contributed by atoms with E-state index in [1.165, 1.54) is 37.7 Å². The third kappa shape index (κ3) is 1.69. The monoisotopic (exact) mass is 158 g/mol. The van der Waals surface area contributed by atoms with Crippen molar-refractivity contribution in [1.82, 2.24) is 0 Å². The molecule has 2 radical (unpaired) electrons. The van der Waals surface area contributed by atoms with Crippen molar-refractivity contribution in [2.45, 2.75) is 38.0 Å². The van der Waals surface area contributed by atoms with Crippen LogP contribution in [0, 0.1) is 12.1 Å². The van der Waals surface area contributed by atoms with Gasteiger partial charge in [-0.05, 0) is 36.5 Å². The van der Waals surface area contributed by atoms with Gasteiger partial charge in [-0.15, -0.1) is 0 Å². The van der Waals surface area contributed by atoms with Gasteiger partial charge < -0.3 is 0 Å². The van der Waals surface area contributed by atoms with Gasteiger partial charge in [-0.25, -0.2) is 0 Å². The van der Waals surface area contributed by atoms with E-state index in [4.69, 9.17) is 0 Å². The molecule has 12 heavy (non-hydrogen) atoms. The van der Waals surface area contributed by atoms with Crippen molar-refractivity contribution in [1.29, 1.82) is 0 Å². The van der Waals surface area contributed by atoms with Gasteiger partial charge in [-0.1, -0.05) is 37.5 Å². The molecule has 1 aromatic rings. The van der Waals surface area contributed by atoms with E-state index in [0.717, 1.165) is 5.92 Å². The molecule has 1 aliphatic rings. The van der Waals surface area contributed by atoms with Gasteiger partial charge in [0, 0.05) is 0 Å². The molecular weight excluding hydrogens is 144 g/mol. The molecule has 0 bridgehead atoms. The van der Waals surface area contributed by atoms with Crippen molar-refractivity contribution in [2.24, 2.45) is 0 Å². The van der Waals surface area contributed by atoms with Crippen LogP contribution in [-0.4, -0.2) is 0 Å². The van der Waals surface area contributed by atoms with E-state index < -0.39 is 0 Å². The summed E-state index contributed by atoms with van der Waals surface area (Å²) in [5, 5.41) is 0. The second-order valence-electron chi connectivity index (χ2n) is 3.58. The van der Waals surface area contributed by atoms with Gasteiger partial charge >= 0.3 is 0 Å². The average molecular weight is 158 g/mol. The normalized spacial score (nSPS) is 19.3. The predicted octanol–water partition coefficient (Wildman–Crippen LogP) is 3.33. The Morgan fingerprint density at radius 3 is 2.58 bits per heavy atom. The predicted molar refractivity (Wildman–Crippen MR) is 49.9 cm³/mol. The number of hydrogen-bond acceptors (Lipinski definition) is 0. The Kier molecular flexibility index (Phi) is 2.45. The number of hydrogen-bond donors (Lipinski definition) is 0. The highest BCUT2D eigenvalue weighted by Crippen LogP contribution is 2.31. The first kappa shape index (κ1) is 7.85. The lowest BCUT2D eigenvalue weighted by molar-refractivity contribution is 0.443. The Hall–Kier alpha value is -0.780. The molecule has 0 saturated heterocycles. The molecule has 0 unspecified atom stereocenters. The molecule has 1 aromatic carbocycles. The molecule has 0 aromatic heterocycles. The van der Waals surface area contributed by atoms with Crippen LogP contribution < -0.4 is 0 Å². The lowest BCUT2D eigenvalue weighted by Crippen LogP contribution is -2.03. The van der Waals surface area contributed by atoms with Crippen molar-refractivity contribution in [2.75, 3.05) is 0 Å². The summed E-state index contributed by atoms with van der Waals surface area (Å²) in [5.74, 6) is 0.774. The second kappa shape index (κ2) is 3.75. The van der Waals surface area contributed by atoms with E-state index in [1.54, 1.807) is 0 Å². The molecular formula is C12H14. The fourth-order valence-corrected chi connectivity index (χ4v) is 2.01. The molecule has 1 saturated carbocycles. The van der Waals surface area contributed by atoms with E-state index in [2.05, 4.69) is 18.2 Å². The Morgan fingerprint density at radius 1 is 1.08 bits per heavy atom. The van der Waals surface area contributed by atoms with E-state index in [0.29, 0.717) is 0 Å². The zero-order chi connectivity index (χ0) is 8.23. The van der Waals surface area contributed by atoms with E-state index in [-0.39, 0.29) is 0 Å². The maximum atomic E-state index is 3.31. The van der Waals surface area contributed by atoms with Crippen molar-refractivity contribution < 1.29 is 0 Å². The molecule has 0 spiro atoms. The Morgan fingerprint density at radius 2 is 1.92 bits per heavy atom. The molecule has 0 heterocycles. The van der Waals surface area contributed by atoms with Crippen LogP contribution in [0.4, 0.5) is 0 Å². The van der Waals surface area contributed by atoms with Crippen LogP contribution in [0.15, 0.2) is 18.2 Å². The summed E-state index contributed by atoms with van der Waals surface area (Å²) in [6, 6.07) is 12.4. The minimum Gasteiger partial charge on any atom is -0.0537 e. The number of rotatable bonds is 1. The van der Waals surface area contributed by atoms with Crippen LogP contribution in [0.25, 0.3) is 0 Å². The zero-order valence-electron chi connectivity index (χ0n) is 7.34. The van der Waals surface area contributed by atoms with Gasteiger partial charge in [-0.2, -0.15) is 0 Å². The first-order chi connectivity index (χ1) is 5.97. The van der Waals surface area contributed by atoms with Crippen LogP contribution in [0.1, 0.15) is 43.6 Å². The van der Waals surface area contributed by atoms with E-state index in [1.807, 2.05) is 12.1 Å². The molecule has 62 valence electrons. The van der Waals surface area contributed by atoms with Gasteiger partial charge in [0.25, 0.3) is 0 Å². The summed E-state index contributed by atoms with van der Waals surface area (Å²) in [6.07, 6.45) is 6.93. The highest BCUT2D eigenvalue weighted by Gasteiger charge is 2.14. The topological polar surface area (TPSA) is 0 Å². The molecule has 0 atom stereocenters. The summed E-state index contributed by atoms with van der Waals surface area (Å²) in [6.45, 7) is 0. The lowest BCUT2D eigenvalue weighted by atomic mass is 9.84. The highest BCUT2D eigenvalue weighted by molar-refractivity contribution is 5.17. The zero-order valence-corrected chi connectivity index (χ0v) is 7.34. The fraction of sp³-hybridized carbons (Fsp3) is 0.500. The molecule has 0 amide bonds. The first-order valence-electron chi connectivity index (χ1n) is 4.84. The van der Waals surface area contributed by atoms with Crippen LogP contribution in [0.5, 0.6) is 0 Å². The summed E-state index contributed by atoms with van der Waals surface area (Å²) in [7, 11) is 0. The van der Waals surface area contributed by atoms with Crippen molar-refractivity contribution >= 4 is 0 Å². The van der Waals surface area contributed by atoms with Gasteiger partial charge in [0.2, 0.25) is 0 Å². The third-order valence-electron chi connectivity index (χ3n) is 2.71. The molecule has 1 fully saturated rings. The SMILES string of the molecule is [c]1cc[c]c(C2CCCCC2)c1. The van der Waals surface area contributed by atoms with Gasteiger partial charge in [-0.3, -0.25) is 0 Å². The fourth-order valence-electron chi connectivity index (χ4n) is 2.01. The third-order valence-corrected chi connectivity index (χ3v) is 2.71. The van der Waals surface area contributed by atoms with Gasteiger partial charge in [0.15, 0.2) is 0 Å². The minimum absolute atomic E-state index is 0.774. The maximum Gasteiger partial charge on any atom is -0.0146 e. The van der Waals surface area contributed by atoms with Gasteiger partial charge in [0.1, 0.15) is 0 Å². The van der Waals surface area contributed by atoms with E-state index in [9.17, 15) is 0 Å². The number of benzene rings is 1. The largest absolute Gasteiger partial charge is 0.0537 e. The summed E-state index contributed by atoms with van der Waals surface area (Å²) >= 11 is 0. The van der Waals surface area contributed by atoms with Crippen LogP contribution in [0.2, 0.25) is 0 Å². The van der Waals surface area contributed by atoms with Crippen LogP contribution in [-0.2, 0) is 0 Å². The summed E-state index contributed by atoms with van der Waals surface area (Å²) < 4.78 is 0. The lowest BCUT2D eigenvalue weighted by Gasteiger charge is -2.21. The minimum atomic E-state index is 0.774. The standard InChI is InChI=1S/C12H14/c1-3-7-11(8-4-1)12-9-5-2-6-10-12/h1,3,8,12H,2,5-6,9-10H2.